The summed E-state index contributed by atoms with van der Waals surface area (Å²) in [5.41, 5.74) is 2.69. The van der Waals surface area contributed by atoms with E-state index < -0.39 is 0 Å². The second-order valence-electron chi connectivity index (χ2n) is 5.02. The molecule has 0 aliphatic heterocycles. The van der Waals surface area contributed by atoms with Crippen LogP contribution in [0.5, 0.6) is 5.75 Å². The summed E-state index contributed by atoms with van der Waals surface area (Å²) in [4.78, 5) is 10.6. The maximum absolute atomic E-state index is 10.9. The van der Waals surface area contributed by atoms with Crippen molar-refractivity contribution in [3.05, 3.63) is 69.3 Å². The van der Waals surface area contributed by atoms with Crippen LogP contribution < -0.4 is 5.32 Å². The van der Waals surface area contributed by atoms with Crippen molar-refractivity contribution in [3.8, 4) is 5.75 Å². The van der Waals surface area contributed by atoms with Crippen molar-refractivity contribution >= 4 is 5.69 Å². The molecule has 5 heteroatoms. The zero-order valence-corrected chi connectivity index (χ0v) is 12.0. The fourth-order valence-corrected chi connectivity index (χ4v) is 2.23. The molecule has 0 heterocycles. The third-order valence-corrected chi connectivity index (χ3v) is 3.58. The topological polar surface area (TPSA) is 75.4 Å². The molecule has 0 radical (unpaired) electrons. The van der Waals surface area contributed by atoms with Gasteiger partial charge in [0.15, 0.2) is 0 Å². The van der Waals surface area contributed by atoms with Gasteiger partial charge in [-0.2, -0.15) is 0 Å². The van der Waals surface area contributed by atoms with Gasteiger partial charge in [0.05, 0.1) is 4.92 Å². The first kappa shape index (κ1) is 15.0. The van der Waals surface area contributed by atoms with E-state index in [4.69, 9.17) is 0 Å². The normalized spacial score (nSPS) is 12.1. The maximum Gasteiger partial charge on any atom is 0.272 e. The molecular formula is C16H18N2O3. The summed E-state index contributed by atoms with van der Waals surface area (Å²) >= 11 is 0. The monoisotopic (exact) mass is 286 g/mol. The molecule has 0 aliphatic carbocycles. The molecule has 21 heavy (non-hydrogen) atoms. The lowest BCUT2D eigenvalue weighted by atomic mass is 10.0. The number of phenols is 1. The Kier molecular flexibility index (Phi) is 4.55. The van der Waals surface area contributed by atoms with Crippen molar-refractivity contribution in [1.82, 2.24) is 5.32 Å². The van der Waals surface area contributed by atoms with Crippen molar-refractivity contribution in [1.29, 1.82) is 0 Å². The predicted molar refractivity (Wildman–Crippen MR) is 81.2 cm³/mol. The highest BCUT2D eigenvalue weighted by molar-refractivity contribution is 5.44. The number of nitro benzene ring substituents is 1. The van der Waals surface area contributed by atoms with Crippen LogP contribution in [-0.4, -0.2) is 10.0 Å². The maximum atomic E-state index is 10.9. The van der Waals surface area contributed by atoms with Gasteiger partial charge in [0.2, 0.25) is 0 Å². The van der Waals surface area contributed by atoms with Crippen LogP contribution in [0.15, 0.2) is 42.5 Å². The Hall–Kier alpha value is -2.40. The minimum Gasteiger partial charge on any atom is -0.508 e. The van der Waals surface area contributed by atoms with Crippen molar-refractivity contribution < 1.29 is 10.0 Å². The molecule has 0 spiro atoms. The second kappa shape index (κ2) is 6.37. The highest BCUT2D eigenvalue weighted by Crippen LogP contribution is 2.22. The van der Waals surface area contributed by atoms with E-state index in [1.54, 1.807) is 31.2 Å². The Morgan fingerprint density at radius 3 is 2.67 bits per heavy atom. The largest absolute Gasteiger partial charge is 0.508 e. The van der Waals surface area contributed by atoms with Gasteiger partial charge in [-0.15, -0.1) is 0 Å². The predicted octanol–water partition coefficient (Wildman–Crippen LogP) is 3.46. The van der Waals surface area contributed by atoms with Gasteiger partial charge in [-0.25, -0.2) is 0 Å². The Morgan fingerprint density at radius 2 is 2.00 bits per heavy atom. The smallest absolute Gasteiger partial charge is 0.272 e. The number of hydrogen-bond acceptors (Lipinski definition) is 4. The highest BCUT2D eigenvalue weighted by Gasteiger charge is 2.13. The number of nitrogens with zero attached hydrogens (tertiary/aromatic N) is 1. The molecule has 0 saturated heterocycles. The van der Waals surface area contributed by atoms with Crippen LogP contribution in [0, 0.1) is 17.0 Å². The molecule has 2 N–H and O–H groups in total. The van der Waals surface area contributed by atoms with E-state index in [0.29, 0.717) is 12.1 Å². The molecule has 2 aromatic carbocycles. The summed E-state index contributed by atoms with van der Waals surface area (Å²) < 4.78 is 0. The molecule has 1 unspecified atom stereocenters. The Labute approximate surface area is 123 Å². The summed E-state index contributed by atoms with van der Waals surface area (Å²) in [5, 5.41) is 23.7. The summed E-state index contributed by atoms with van der Waals surface area (Å²) in [5.74, 6) is 0.229. The third-order valence-electron chi connectivity index (χ3n) is 3.58. The van der Waals surface area contributed by atoms with Crippen molar-refractivity contribution in [3.63, 3.8) is 0 Å². The molecule has 2 aromatic rings. The summed E-state index contributed by atoms with van der Waals surface area (Å²) in [6, 6.07) is 12.2. The lowest BCUT2D eigenvalue weighted by molar-refractivity contribution is -0.385. The van der Waals surface area contributed by atoms with Gasteiger partial charge < -0.3 is 10.4 Å². The first-order chi connectivity index (χ1) is 9.99. The zero-order valence-electron chi connectivity index (χ0n) is 12.0. The third kappa shape index (κ3) is 3.58. The van der Waals surface area contributed by atoms with Gasteiger partial charge in [0, 0.05) is 24.2 Å². The number of nitrogens with one attached hydrogen (secondary N) is 1. The van der Waals surface area contributed by atoms with Crippen LogP contribution in [-0.2, 0) is 6.54 Å². The number of hydrogen-bond donors (Lipinski definition) is 2. The van der Waals surface area contributed by atoms with E-state index in [2.05, 4.69) is 5.32 Å². The van der Waals surface area contributed by atoms with E-state index in [0.717, 1.165) is 11.1 Å². The Bertz CT molecular complexity index is 656. The number of benzene rings is 2. The van der Waals surface area contributed by atoms with Gasteiger partial charge in [-0.05, 0) is 37.1 Å². The Morgan fingerprint density at radius 1 is 1.29 bits per heavy atom. The average Bonchev–Trinajstić information content (AvgIpc) is 2.45. The minimum absolute atomic E-state index is 0.0377. The SMILES string of the molecule is Cc1c(CNC(C)c2cccc(O)c2)cccc1[N+](=O)[O-]. The van der Waals surface area contributed by atoms with Gasteiger partial charge in [-0.1, -0.05) is 24.3 Å². The molecule has 2 rings (SSSR count). The molecule has 0 fully saturated rings. The molecule has 0 aliphatic rings. The van der Waals surface area contributed by atoms with Crippen LogP contribution in [0.1, 0.15) is 29.7 Å². The zero-order chi connectivity index (χ0) is 15.4. The molecule has 0 bridgehead atoms. The van der Waals surface area contributed by atoms with E-state index in [9.17, 15) is 15.2 Å². The Balaban J connectivity index is 2.10. The minimum atomic E-state index is -0.364. The van der Waals surface area contributed by atoms with Crippen molar-refractivity contribution in [2.45, 2.75) is 26.4 Å². The average molecular weight is 286 g/mol. The molecular weight excluding hydrogens is 268 g/mol. The highest BCUT2D eigenvalue weighted by atomic mass is 16.6. The van der Waals surface area contributed by atoms with E-state index >= 15 is 0 Å². The van der Waals surface area contributed by atoms with E-state index in [1.165, 1.54) is 6.07 Å². The lowest BCUT2D eigenvalue weighted by Crippen LogP contribution is -2.18. The van der Waals surface area contributed by atoms with Gasteiger partial charge in [0.1, 0.15) is 5.75 Å². The second-order valence-corrected chi connectivity index (χ2v) is 5.02. The molecule has 0 aromatic heterocycles. The van der Waals surface area contributed by atoms with Crippen LogP contribution in [0.4, 0.5) is 5.69 Å². The summed E-state index contributed by atoms with van der Waals surface area (Å²) in [7, 11) is 0. The molecule has 0 amide bonds. The number of aromatic hydroxyl groups is 1. The first-order valence-corrected chi connectivity index (χ1v) is 6.74. The standard InChI is InChI=1S/C16H18N2O3/c1-11-14(6-4-8-16(11)18(20)21)10-17-12(2)13-5-3-7-15(19)9-13/h3-9,12,17,19H,10H2,1-2H3. The number of nitro groups is 1. The van der Waals surface area contributed by atoms with E-state index in [1.807, 2.05) is 19.1 Å². The van der Waals surface area contributed by atoms with Crippen LogP contribution in [0.25, 0.3) is 0 Å². The quantitative estimate of drug-likeness (QED) is 0.652. The van der Waals surface area contributed by atoms with Crippen LogP contribution in [0.3, 0.4) is 0 Å². The molecule has 1 atom stereocenters. The summed E-state index contributed by atoms with van der Waals surface area (Å²) in [6.45, 7) is 4.28. The molecule has 110 valence electrons. The fraction of sp³-hybridized carbons (Fsp3) is 0.250. The fourth-order valence-electron chi connectivity index (χ4n) is 2.23. The van der Waals surface area contributed by atoms with Crippen LogP contribution in [0.2, 0.25) is 0 Å². The lowest BCUT2D eigenvalue weighted by Gasteiger charge is -2.15. The van der Waals surface area contributed by atoms with Gasteiger partial charge >= 0.3 is 0 Å². The van der Waals surface area contributed by atoms with Crippen molar-refractivity contribution in [2.75, 3.05) is 0 Å². The number of rotatable bonds is 5. The van der Waals surface area contributed by atoms with Gasteiger partial charge in [0.25, 0.3) is 5.69 Å². The van der Waals surface area contributed by atoms with Crippen molar-refractivity contribution in [2.24, 2.45) is 0 Å². The summed E-state index contributed by atoms with van der Waals surface area (Å²) in [6.07, 6.45) is 0. The first-order valence-electron chi connectivity index (χ1n) is 6.74. The number of phenolic OH excluding ortho intramolecular Hbond substituents is 1. The van der Waals surface area contributed by atoms with Crippen LogP contribution >= 0.6 is 0 Å². The molecule has 5 nitrogen and oxygen atoms in total. The van der Waals surface area contributed by atoms with Gasteiger partial charge in [-0.3, -0.25) is 10.1 Å². The molecule has 0 saturated carbocycles. The van der Waals surface area contributed by atoms with E-state index in [-0.39, 0.29) is 22.4 Å².